The molecular formula is C11H17BrN2. The molecule has 0 fully saturated rings. The van der Waals surface area contributed by atoms with Crippen molar-refractivity contribution in [2.45, 2.75) is 19.9 Å². The summed E-state index contributed by atoms with van der Waals surface area (Å²) >= 11 is 3.46. The normalized spacial score (nSPS) is 12.9. The molecule has 0 saturated carbocycles. The van der Waals surface area contributed by atoms with Crippen LogP contribution in [0.25, 0.3) is 0 Å². The van der Waals surface area contributed by atoms with Crippen LogP contribution in [0.3, 0.4) is 0 Å². The van der Waals surface area contributed by atoms with E-state index in [1.54, 1.807) is 0 Å². The number of halogens is 1. The highest BCUT2D eigenvalue weighted by atomic mass is 79.9. The maximum absolute atomic E-state index is 6.07. The van der Waals surface area contributed by atoms with Crippen molar-refractivity contribution < 1.29 is 0 Å². The lowest BCUT2D eigenvalue weighted by Gasteiger charge is -2.15. The van der Waals surface area contributed by atoms with Crippen molar-refractivity contribution in [2.24, 2.45) is 5.73 Å². The average molecular weight is 257 g/mol. The van der Waals surface area contributed by atoms with Gasteiger partial charge in [0.15, 0.2) is 0 Å². The first-order valence-electron chi connectivity index (χ1n) is 4.87. The summed E-state index contributed by atoms with van der Waals surface area (Å²) in [5.41, 5.74) is 8.52. The number of nitrogens with one attached hydrogen (secondary N) is 1. The maximum Gasteiger partial charge on any atom is 0.0424 e. The predicted molar refractivity (Wildman–Crippen MR) is 64.4 cm³/mol. The summed E-state index contributed by atoms with van der Waals surface area (Å²) in [5, 5.41) is 3.25. The van der Waals surface area contributed by atoms with E-state index in [2.05, 4.69) is 47.2 Å². The van der Waals surface area contributed by atoms with E-state index in [0.717, 1.165) is 17.6 Å². The first kappa shape index (κ1) is 11.7. The van der Waals surface area contributed by atoms with Crippen LogP contribution in [0.15, 0.2) is 22.7 Å². The maximum atomic E-state index is 6.07. The van der Waals surface area contributed by atoms with Crippen LogP contribution in [0.1, 0.15) is 24.1 Å². The van der Waals surface area contributed by atoms with Crippen molar-refractivity contribution in [3.8, 4) is 0 Å². The SMILES string of the molecule is CCNCC(N)c1cc(Br)ccc1C. The van der Waals surface area contributed by atoms with Gasteiger partial charge >= 0.3 is 0 Å². The van der Waals surface area contributed by atoms with Crippen LogP contribution < -0.4 is 11.1 Å². The molecule has 1 rings (SSSR count). The lowest BCUT2D eigenvalue weighted by molar-refractivity contribution is 0.613. The van der Waals surface area contributed by atoms with Crippen LogP contribution in [-0.4, -0.2) is 13.1 Å². The molecule has 1 aromatic rings. The zero-order valence-corrected chi connectivity index (χ0v) is 10.3. The molecule has 1 unspecified atom stereocenters. The fourth-order valence-corrected chi connectivity index (χ4v) is 1.80. The molecule has 78 valence electrons. The molecule has 1 atom stereocenters. The van der Waals surface area contributed by atoms with Gasteiger partial charge in [0.2, 0.25) is 0 Å². The van der Waals surface area contributed by atoms with E-state index in [9.17, 15) is 0 Å². The third-order valence-electron chi connectivity index (χ3n) is 2.26. The summed E-state index contributed by atoms with van der Waals surface area (Å²) in [7, 11) is 0. The van der Waals surface area contributed by atoms with E-state index in [4.69, 9.17) is 5.73 Å². The van der Waals surface area contributed by atoms with Gasteiger partial charge in [-0.3, -0.25) is 0 Å². The first-order valence-corrected chi connectivity index (χ1v) is 5.66. The Bertz CT molecular complexity index is 299. The number of aryl methyl sites for hydroxylation is 1. The molecule has 0 aliphatic heterocycles. The first-order chi connectivity index (χ1) is 6.65. The number of hydrogen-bond donors (Lipinski definition) is 2. The van der Waals surface area contributed by atoms with Crippen molar-refractivity contribution in [2.75, 3.05) is 13.1 Å². The molecule has 0 aromatic heterocycles. The fourth-order valence-electron chi connectivity index (χ4n) is 1.42. The molecule has 3 heteroatoms. The Morgan fingerprint density at radius 3 is 2.86 bits per heavy atom. The average Bonchev–Trinajstić information content (AvgIpc) is 2.18. The molecule has 0 radical (unpaired) electrons. The molecule has 3 N–H and O–H groups in total. The van der Waals surface area contributed by atoms with Gasteiger partial charge in [0.1, 0.15) is 0 Å². The Balaban J connectivity index is 2.77. The van der Waals surface area contributed by atoms with Gasteiger partial charge in [-0.2, -0.15) is 0 Å². The quantitative estimate of drug-likeness (QED) is 0.869. The third-order valence-corrected chi connectivity index (χ3v) is 2.75. The Labute approximate surface area is 94.0 Å². The second-order valence-electron chi connectivity index (χ2n) is 3.42. The smallest absolute Gasteiger partial charge is 0.0424 e. The van der Waals surface area contributed by atoms with E-state index in [0.29, 0.717) is 0 Å². The highest BCUT2D eigenvalue weighted by Crippen LogP contribution is 2.20. The Morgan fingerprint density at radius 2 is 2.21 bits per heavy atom. The molecule has 0 bridgehead atoms. The van der Waals surface area contributed by atoms with E-state index in [1.807, 2.05) is 6.07 Å². The standard InChI is InChI=1S/C11H17BrN2/c1-3-14-7-11(13)10-6-9(12)5-4-8(10)2/h4-6,11,14H,3,7,13H2,1-2H3. The van der Waals surface area contributed by atoms with Crippen molar-refractivity contribution >= 4 is 15.9 Å². The number of nitrogens with two attached hydrogens (primary N) is 1. The second-order valence-corrected chi connectivity index (χ2v) is 4.33. The van der Waals surface area contributed by atoms with Gasteiger partial charge in [0.25, 0.3) is 0 Å². The minimum absolute atomic E-state index is 0.0763. The number of hydrogen-bond acceptors (Lipinski definition) is 2. The van der Waals surface area contributed by atoms with Crippen LogP contribution in [0.5, 0.6) is 0 Å². The summed E-state index contributed by atoms with van der Waals surface area (Å²) in [6.07, 6.45) is 0. The summed E-state index contributed by atoms with van der Waals surface area (Å²) in [6.45, 7) is 5.96. The lowest BCUT2D eigenvalue weighted by Crippen LogP contribution is -2.27. The molecule has 0 aliphatic carbocycles. The van der Waals surface area contributed by atoms with E-state index < -0.39 is 0 Å². The predicted octanol–water partition coefficient (Wildman–Crippen LogP) is 2.37. The summed E-state index contributed by atoms with van der Waals surface area (Å²) in [6, 6.07) is 6.30. The van der Waals surface area contributed by atoms with Gasteiger partial charge in [-0.15, -0.1) is 0 Å². The monoisotopic (exact) mass is 256 g/mol. The largest absolute Gasteiger partial charge is 0.323 e. The molecule has 1 aromatic carbocycles. The molecule has 14 heavy (non-hydrogen) atoms. The summed E-state index contributed by atoms with van der Waals surface area (Å²) < 4.78 is 1.09. The van der Waals surface area contributed by atoms with Crippen LogP contribution in [-0.2, 0) is 0 Å². The molecule has 0 heterocycles. The topological polar surface area (TPSA) is 38.0 Å². The van der Waals surface area contributed by atoms with Gasteiger partial charge in [0.05, 0.1) is 0 Å². The molecule has 2 nitrogen and oxygen atoms in total. The van der Waals surface area contributed by atoms with Crippen LogP contribution in [0.2, 0.25) is 0 Å². The van der Waals surface area contributed by atoms with Crippen molar-refractivity contribution in [1.29, 1.82) is 0 Å². The summed E-state index contributed by atoms with van der Waals surface area (Å²) in [5.74, 6) is 0. The Morgan fingerprint density at radius 1 is 1.50 bits per heavy atom. The minimum Gasteiger partial charge on any atom is -0.323 e. The molecule has 0 amide bonds. The van der Waals surface area contributed by atoms with Gasteiger partial charge in [-0.05, 0) is 36.7 Å². The lowest BCUT2D eigenvalue weighted by atomic mass is 10.0. The zero-order chi connectivity index (χ0) is 10.6. The van der Waals surface area contributed by atoms with Gasteiger partial charge in [0, 0.05) is 17.1 Å². The highest BCUT2D eigenvalue weighted by Gasteiger charge is 2.08. The summed E-state index contributed by atoms with van der Waals surface area (Å²) in [4.78, 5) is 0. The van der Waals surface area contributed by atoms with Gasteiger partial charge < -0.3 is 11.1 Å². The molecule has 0 spiro atoms. The van der Waals surface area contributed by atoms with E-state index in [1.165, 1.54) is 11.1 Å². The van der Waals surface area contributed by atoms with Crippen LogP contribution >= 0.6 is 15.9 Å². The molecule has 0 saturated heterocycles. The second kappa shape index (κ2) is 5.49. The van der Waals surface area contributed by atoms with Crippen LogP contribution in [0.4, 0.5) is 0 Å². The zero-order valence-electron chi connectivity index (χ0n) is 8.68. The molecular weight excluding hydrogens is 240 g/mol. The van der Waals surface area contributed by atoms with E-state index >= 15 is 0 Å². The number of likely N-dealkylation sites (N-methyl/N-ethyl adjacent to an activating group) is 1. The van der Waals surface area contributed by atoms with Crippen molar-refractivity contribution in [3.05, 3.63) is 33.8 Å². The van der Waals surface area contributed by atoms with Crippen molar-refractivity contribution in [3.63, 3.8) is 0 Å². The Kier molecular flexibility index (Phi) is 4.58. The number of benzene rings is 1. The van der Waals surface area contributed by atoms with Gasteiger partial charge in [-0.25, -0.2) is 0 Å². The minimum atomic E-state index is 0.0763. The van der Waals surface area contributed by atoms with Crippen molar-refractivity contribution in [1.82, 2.24) is 5.32 Å². The highest BCUT2D eigenvalue weighted by molar-refractivity contribution is 9.10. The van der Waals surface area contributed by atoms with E-state index in [-0.39, 0.29) is 6.04 Å². The Hall–Kier alpha value is -0.380. The van der Waals surface area contributed by atoms with Gasteiger partial charge in [-0.1, -0.05) is 28.9 Å². The fraction of sp³-hybridized carbons (Fsp3) is 0.455. The third kappa shape index (κ3) is 3.08. The molecule has 0 aliphatic rings. The number of rotatable bonds is 4. The van der Waals surface area contributed by atoms with Crippen LogP contribution in [0, 0.1) is 6.92 Å².